The number of fused-ring (bicyclic) bond motifs is 1. The van der Waals surface area contributed by atoms with Crippen molar-refractivity contribution in [3.05, 3.63) is 77.5 Å². The summed E-state index contributed by atoms with van der Waals surface area (Å²) in [6.45, 7) is 0.905. The molecule has 4 rings (SSSR count). The molecular formula is C25H24N4O5. The Labute approximate surface area is 196 Å². The number of ether oxygens (including phenoxy) is 1. The number of nitrogens with one attached hydrogen (secondary N) is 2. The van der Waals surface area contributed by atoms with Gasteiger partial charge in [-0.2, -0.15) is 0 Å². The van der Waals surface area contributed by atoms with Crippen molar-refractivity contribution in [1.29, 1.82) is 0 Å². The van der Waals surface area contributed by atoms with Crippen molar-refractivity contribution in [2.45, 2.75) is 13.1 Å². The van der Waals surface area contributed by atoms with Crippen LogP contribution in [-0.2, 0) is 32.2 Å². The lowest BCUT2D eigenvalue weighted by atomic mass is 10.1. The van der Waals surface area contributed by atoms with Crippen LogP contribution in [0.3, 0.4) is 0 Å². The van der Waals surface area contributed by atoms with Gasteiger partial charge in [0.2, 0.25) is 5.91 Å². The maximum Gasteiger partial charge on any atom is 0.331 e. The van der Waals surface area contributed by atoms with E-state index in [0.29, 0.717) is 18.7 Å². The average Bonchev–Trinajstić information content (AvgIpc) is 3.17. The van der Waals surface area contributed by atoms with Gasteiger partial charge >= 0.3 is 6.03 Å². The van der Waals surface area contributed by atoms with Crippen LogP contribution in [0.4, 0.5) is 4.79 Å². The Kier molecular flexibility index (Phi) is 6.84. The van der Waals surface area contributed by atoms with Gasteiger partial charge in [-0.1, -0.05) is 48.5 Å². The van der Waals surface area contributed by atoms with Crippen molar-refractivity contribution >= 4 is 40.7 Å². The number of carbonyl (C=O) groups is 4. The van der Waals surface area contributed by atoms with E-state index in [1.165, 1.54) is 6.08 Å². The first kappa shape index (κ1) is 22.9. The monoisotopic (exact) mass is 460 g/mol. The van der Waals surface area contributed by atoms with Crippen LogP contribution in [-0.4, -0.2) is 53.5 Å². The van der Waals surface area contributed by atoms with Crippen molar-refractivity contribution < 1.29 is 23.9 Å². The standard InChI is InChI=1S/C25H24N4O5/c1-34-12-11-26-22(30)16-28-15-18(19-9-5-6-10-21(19)28)13-20-23(31)27-25(33)29(24(20)32)14-17-7-3-2-4-8-17/h2-10,13,15H,11-12,14,16H2,1H3,(H,26,30)(H,27,31,33). The molecule has 1 aliphatic heterocycles. The number of carbonyl (C=O) groups excluding carboxylic acids is 4. The van der Waals surface area contributed by atoms with Gasteiger partial charge in [-0.15, -0.1) is 0 Å². The van der Waals surface area contributed by atoms with Gasteiger partial charge in [-0.05, 0) is 17.7 Å². The van der Waals surface area contributed by atoms with E-state index in [1.54, 1.807) is 30.0 Å². The van der Waals surface area contributed by atoms with Crippen molar-refractivity contribution in [3.8, 4) is 0 Å². The number of imide groups is 2. The molecule has 2 heterocycles. The Morgan fingerprint density at radius 3 is 2.56 bits per heavy atom. The van der Waals surface area contributed by atoms with Crippen molar-refractivity contribution in [2.24, 2.45) is 0 Å². The van der Waals surface area contributed by atoms with E-state index in [1.807, 2.05) is 42.5 Å². The van der Waals surface area contributed by atoms with Crippen molar-refractivity contribution in [3.63, 3.8) is 0 Å². The lowest BCUT2D eigenvalue weighted by molar-refractivity contribution is -0.130. The van der Waals surface area contributed by atoms with Gasteiger partial charge in [-0.3, -0.25) is 24.6 Å². The van der Waals surface area contributed by atoms with Crippen LogP contribution in [0.15, 0.2) is 66.4 Å². The molecular weight excluding hydrogens is 436 g/mol. The van der Waals surface area contributed by atoms with E-state index >= 15 is 0 Å². The first-order valence-corrected chi connectivity index (χ1v) is 10.7. The summed E-state index contributed by atoms with van der Waals surface area (Å²) in [5.74, 6) is -1.62. The number of aromatic nitrogens is 1. The molecule has 9 nitrogen and oxygen atoms in total. The third kappa shape index (κ3) is 4.89. The summed E-state index contributed by atoms with van der Waals surface area (Å²) in [5, 5.41) is 5.79. The van der Waals surface area contributed by atoms with E-state index in [4.69, 9.17) is 4.74 Å². The molecule has 0 saturated carbocycles. The Hall–Kier alpha value is -4.24. The lowest BCUT2D eigenvalue weighted by Crippen LogP contribution is -2.53. The molecule has 0 bridgehead atoms. The van der Waals surface area contributed by atoms with Crippen LogP contribution < -0.4 is 10.6 Å². The molecule has 34 heavy (non-hydrogen) atoms. The van der Waals surface area contributed by atoms with Gasteiger partial charge in [0, 0.05) is 36.3 Å². The Morgan fingerprint density at radius 1 is 1.06 bits per heavy atom. The van der Waals surface area contributed by atoms with Gasteiger partial charge in [-0.25, -0.2) is 4.79 Å². The number of para-hydroxylation sites is 1. The number of hydrogen-bond acceptors (Lipinski definition) is 5. The summed E-state index contributed by atoms with van der Waals surface area (Å²) in [5.41, 5.74) is 1.98. The molecule has 0 spiro atoms. The predicted molar refractivity (Wildman–Crippen MR) is 125 cm³/mol. The number of amides is 5. The van der Waals surface area contributed by atoms with Crippen molar-refractivity contribution in [2.75, 3.05) is 20.3 Å². The molecule has 0 unspecified atom stereocenters. The normalized spacial score (nSPS) is 15.1. The molecule has 0 radical (unpaired) electrons. The van der Waals surface area contributed by atoms with Crippen LogP contribution >= 0.6 is 0 Å². The van der Waals surface area contributed by atoms with E-state index in [0.717, 1.165) is 21.4 Å². The molecule has 2 N–H and O–H groups in total. The van der Waals surface area contributed by atoms with Crippen LogP contribution in [0.25, 0.3) is 17.0 Å². The molecule has 1 aromatic heterocycles. The van der Waals surface area contributed by atoms with Crippen molar-refractivity contribution in [1.82, 2.24) is 20.1 Å². The van der Waals surface area contributed by atoms with E-state index in [9.17, 15) is 19.2 Å². The Morgan fingerprint density at radius 2 is 1.79 bits per heavy atom. The second-order valence-electron chi connectivity index (χ2n) is 7.77. The van der Waals surface area contributed by atoms with Gasteiger partial charge in [0.15, 0.2) is 0 Å². The molecule has 1 fully saturated rings. The molecule has 0 aliphatic carbocycles. The highest BCUT2D eigenvalue weighted by Crippen LogP contribution is 2.25. The zero-order chi connectivity index (χ0) is 24.1. The topological polar surface area (TPSA) is 110 Å². The number of benzene rings is 2. The van der Waals surface area contributed by atoms with Gasteiger partial charge in [0.25, 0.3) is 11.8 Å². The maximum atomic E-state index is 13.1. The smallest absolute Gasteiger partial charge is 0.331 e. The van der Waals surface area contributed by atoms with Crippen LogP contribution in [0.2, 0.25) is 0 Å². The summed E-state index contributed by atoms with van der Waals surface area (Å²) in [6.07, 6.45) is 3.18. The highest BCUT2D eigenvalue weighted by molar-refractivity contribution is 6.31. The highest BCUT2D eigenvalue weighted by Gasteiger charge is 2.35. The molecule has 0 atom stereocenters. The maximum absolute atomic E-state index is 13.1. The summed E-state index contributed by atoms with van der Waals surface area (Å²) < 4.78 is 6.70. The summed E-state index contributed by atoms with van der Waals surface area (Å²) in [6, 6.07) is 15.7. The number of methoxy groups -OCH3 is 1. The quantitative estimate of drug-likeness (QED) is 0.304. The van der Waals surface area contributed by atoms with Gasteiger partial charge in [0.1, 0.15) is 12.1 Å². The predicted octanol–water partition coefficient (Wildman–Crippen LogP) is 2.07. The highest BCUT2D eigenvalue weighted by atomic mass is 16.5. The first-order valence-electron chi connectivity index (χ1n) is 10.7. The molecule has 9 heteroatoms. The van der Waals surface area contributed by atoms with Crippen LogP contribution in [0.5, 0.6) is 0 Å². The molecule has 3 aromatic rings. The number of rotatable bonds is 8. The summed E-state index contributed by atoms with van der Waals surface area (Å²) in [7, 11) is 1.56. The third-order valence-electron chi connectivity index (χ3n) is 5.43. The number of nitrogens with zero attached hydrogens (tertiary/aromatic N) is 2. The Balaban J connectivity index is 1.64. The molecule has 174 valence electrons. The first-order chi connectivity index (χ1) is 16.5. The minimum Gasteiger partial charge on any atom is -0.383 e. The molecule has 1 saturated heterocycles. The SMILES string of the molecule is COCCNC(=O)Cn1cc(C=C2C(=O)NC(=O)N(Cc3ccccc3)C2=O)c2ccccc21. The average molecular weight is 460 g/mol. The fourth-order valence-electron chi connectivity index (χ4n) is 3.78. The minimum atomic E-state index is -0.758. The van der Waals surface area contributed by atoms with Gasteiger partial charge < -0.3 is 14.6 Å². The number of urea groups is 1. The van der Waals surface area contributed by atoms with Gasteiger partial charge in [0.05, 0.1) is 13.2 Å². The second kappa shape index (κ2) is 10.1. The zero-order valence-electron chi connectivity index (χ0n) is 18.6. The number of barbiturate groups is 1. The molecule has 5 amide bonds. The molecule has 1 aliphatic rings. The number of hydrogen-bond donors (Lipinski definition) is 2. The largest absolute Gasteiger partial charge is 0.383 e. The third-order valence-corrected chi connectivity index (χ3v) is 5.43. The van der Waals surface area contributed by atoms with Crippen LogP contribution in [0, 0.1) is 0 Å². The summed E-state index contributed by atoms with van der Waals surface area (Å²) >= 11 is 0. The molecule has 2 aromatic carbocycles. The Bertz CT molecular complexity index is 1280. The van der Waals surface area contributed by atoms with E-state index in [-0.39, 0.29) is 24.6 Å². The minimum absolute atomic E-state index is 0.0412. The van der Waals surface area contributed by atoms with E-state index in [2.05, 4.69) is 10.6 Å². The second-order valence-corrected chi connectivity index (χ2v) is 7.77. The summed E-state index contributed by atoms with van der Waals surface area (Å²) in [4.78, 5) is 51.3. The fourth-order valence-corrected chi connectivity index (χ4v) is 3.78. The lowest BCUT2D eigenvalue weighted by Gasteiger charge is -2.26. The van der Waals surface area contributed by atoms with Crippen LogP contribution in [0.1, 0.15) is 11.1 Å². The fraction of sp³-hybridized carbons (Fsp3) is 0.200. The zero-order valence-corrected chi connectivity index (χ0v) is 18.6. The van der Waals surface area contributed by atoms with E-state index < -0.39 is 17.8 Å².